The number of fused-ring (bicyclic) bond motifs is 1. The first-order valence-electron chi connectivity index (χ1n) is 10.8. The summed E-state index contributed by atoms with van der Waals surface area (Å²) < 4.78 is 5.31. The number of nitrogens with one attached hydrogen (secondary N) is 1. The van der Waals surface area contributed by atoms with E-state index < -0.39 is 5.60 Å². The van der Waals surface area contributed by atoms with Crippen molar-refractivity contribution in [3.05, 3.63) is 23.9 Å². The van der Waals surface area contributed by atoms with E-state index in [9.17, 15) is 9.90 Å². The summed E-state index contributed by atoms with van der Waals surface area (Å²) in [6.07, 6.45) is 4.17. The van der Waals surface area contributed by atoms with Crippen molar-refractivity contribution in [3.8, 4) is 5.75 Å². The molecule has 0 bridgehead atoms. The van der Waals surface area contributed by atoms with Crippen LogP contribution in [0.2, 0.25) is 0 Å². The number of carbonyl (C=O) groups is 1. The van der Waals surface area contributed by atoms with E-state index in [0.29, 0.717) is 5.95 Å². The predicted octanol–water partition coefficient (Wildman–Crippen LogP) is 3.36. The molecule has 1 saturated heterocycles. The molecule has 1 aliphatic rings. The SMILES string of the molecule is COc1ccc2nc(N3CCC[C@H]3C(=O)N[C@H](C)CCCC(C)(C)O)nc(C)c2c1. The predicted molar refractivity (Wildman–Crippen MR) is 119 cm³/mol. The Morgan fingerprint density at radius 2 is 2.17 bits per heavy atom. The quantitative estimate of drug-likeness (QED) is 0.689. The van der Waals surface area contributed by atoms with Crippen molar-refractivity contribution in [1.29, 1.82) is 0 Å². The van der Waals surface area contributed by atoms with Gasteiger partial charge in [0.25, 0.3) is 0 Å². The van der Waals surface area contributed by atoms with Crippen LogP contribution < -0.4 is 15.0 Å². The van der Waals surface area contributed by atoms with Gasteiger partial charge in [-0.2, -0.15) is 0 Å². The topological polar surface area (TPSA) is 87.6 Å². The molecule has 1 aromatic carbocycles. The molecule has 1 aromatic heterocycles. The Kier molecular flexibility index (Phi) is 6.81. The maximum atomic E-state index is 13.0. The number of aliphatic hydroxyl groups is 1. The van der Waals surface area contributed by atoms with Gasteiger partial charge in [0.05, 0.1) is 23.9 Å². The van der Waals surface area contributed by atoms with E-state index in [2.05, 4.69) is 5.32 Å². The van der Waals surface area contributed by atoms with Crippen LogP contribution >= 0.6 is 0 Å². The van der Waals surface area contributed by atoms with Crippen molar-refractivity contribution in [2.45, 2.75) is 77.5 Å². The lowest BCUT2D eigenvalue weighted by atomic mass is 9.99. The zero-order chi connectivity index (χ0) is 21.9. The molecular weight excluding hydrogens is 380 g/mol. The Balaban J connectivity index is 1.70. The second-order valence-corrected chi connectivity index (χ2v) is 8.96. The van der Waals surface area contributed by atoms with Gasteiger partial charge in [-0.25, -0.2) is 9.97 Å². The molecule has 0 radical (unpaired) electrons. The second kappa shape index (κ2) is 9.16. The van der Waals surface area contributed by atoms with Crippen LogP contribution in [0.3, 0.4) is 0 Å². The van der Waals surface area contributed by atoms with Crippen LogP contribution in [0.1, 0.15) is 58.6 Å². The molecule has 0 aliphatic carbocycles. The molecule has 1 fully saturated rings. The maximum Gasteiger partial charge on any atom is 0.243 e. The van der Waals surface area contributed by atoms with Crippen LogP contribution in [0.15, 0.2) is 18.2 Å². The van der Waals surface area contributed by atoms with Crippen molar-refractivity contribution < 1.29 is 14.6 Å². The zero-order valence-corrected chi connectivity index (χ0v) is 18.7. The first-order chi connectivity index (χ1) is 14.2. The van der Waals surface area contributed by atoms with Gasteiger partial charge in [0.15, 0.2) is 0 Å². The zero-order valence-electron chi connectivity index (χ0n) is 18.7. The summed E-state index contributed by atoms with van der Waals surface area (Å²) >= 11 is 0. The minimum Gasteiger partial charge on any atom is -0.497 e. The van der Waals surface area contributed by atoms with Crippen molar-refractivity contribution in [2.75, 3.05) is 18.6 Å². The fourth-order valence-corrected chi connectivity index (χ4v) is 4.03. The van der Waals surface area contributed by atoms with E-state index in [1.54, 1.807) is 7.11 Å². The second-order valence-electron chi connectivity index (χ2n) is 8.96. The van der Waals surface area contributed by atoms with E-state index in [4.69, 9.17) is 14.7 Å². The van der Waals surface area contributed by atoms with Crippen LogP contribution in [-0.2, 0) is 4.79 Å². The fourth-order valence-electron chi connectivity index (χ4n) is 4.03. The largest absolute Gasteiger partial charge is 0.497 e. The molecule has 0 spiro atoms. The summed E-state index contributed by atoms with van der Waals surface area (Å²) in [7, 11) is 1.64. The number of nitrogens with zero attached hydrogens (tertiary/aromatic N) is 3. The molecule has 30 heavy (non-hydrogen) atoms. The van der Waals surface area contributed by atoms with E-state index in [0.717, 1.165) is 61.0 Å². The van der Waals surface area contributed by atoms with Crippen LogP contribution in [0.5, 0.6) is 5.75 Å². The van der Waals surface area contributed by atoms with Gasteiger partial charge in [0, 0.05) is 18.0 Å². The Morgan fingerprint density at radius 3 is 2.87 bits per heavy atom. The van der Waals surface area contributed by atoms with E-state index >= 15 is 0 Å². The van der Waals surface area contributed by atoms with Crippen molar-refractivity contribution in [3.63, 3.8) is 0 Å². The number of methoxy groups -OCH3 is 1. The lowest BCUT2D eigenvalue weighted by Crippen LogP contribution is -2.47. The number of benzene rings is 1. The summed E-state index contributed by atoms with van der Waals surface area (Å²) in [5, 5.41) is 14.0. The Labute approximate surface area is 178 Å². The number of carbonyl (C=O) groups excluding carboxylic acids is 1. The van der Waals surface area contributed by atoms with Crippen molar-refractivity contribution in [2.24, 2.45) is 0 Å². The third-order valence-corrected chi connectivity index (χ3v) is 5.71. The molecule has 1 amide bonds. The lowest BCUT2D eigenvalue weighted by molar-refractivity contribution is -0.122. The summed E-state index contributed by atoms with van der Waals surface area (Å²) in [5.41, 5.74) is 1.06. The van der Waals surface area contributed by atoms with Gasteiger partial charge in [-0.3, -0.25) is 4.79 Å². The number of anilines is 1. The number of ether oxygens (including phenoxy) is 1. The van der Waals surface area contributed by atoms with Gasteiger partial charge in [-0.05, 0) is 78.0 Å². The van der Waals surface area contributed by atoms with Gasteiger partial charge in [0.1, 0.15) is 11.8 Å². The maximum absolute atomic E-state index is 13.0. The summed E-state index contributed by atoms with van der Waals surface area (Å²) in [6.45, 7) is 8.38. The third-order valence-electron chi connectivity index (χ3n) is 5.71. The minimum atomic E-state index is -0.665. The number of rotatable bonds is 8. The standard InChI is InChI=1S/C23H34N4O3/c1-15(8-6-12-23(3,4)29)24-21(28)20-9-7-13-27(20)22-25-16(2)18-14-17(30-5)10-11-19(18)26-22/h10-11,14-15,20,29H,6-9,12-13H2,1-5H3,(H,24,28)/t15-,20+/m1/s1. The van der Waals surface area contributed by atoms with Gasteiger partial charge in [0.2, 0.25) is 11.9 Å². The van der Waals surface area contributed by atoms with Crippen LogP contribution in [0.4, 0.5) is 5.95 Å². The van der Waals surface area contributed by atoms with Crippen molar-refractivity contribution in [1.82, 2.24) is 15.3 Å². The molecule has 7 nitrogen and oxygen atoms in total. The highest BCUT2D eigenvalue weighted by atomic mass is 16.5. The van der Waals surface area contributed by atoms with Crippen LogP contribution in [-0.4, -0.2) is 52.3 Å². The number of amides is 1. The highest BCUT2D eigenvalue weighted by Crippen LogP contribution is 2.28. The molecule has 2 N–H and O–H groups in total. The molecule has 1 aliphatic heterocycles. The lowest BCUT2D eigenvalue weighted by Gasteiger charge is -2.26. The molecule has 0 saturated carbocycles. The van der Waals surface area contributed by atoms with Gasteiger partial charge in [-0.1, -0.05) is 0 Å². The Bertz CT molecular complexity index is 894. The Hall–Kier alpha value is -2.41. The third kappa shape index (κ3) is 5.39. The number of aromatic nitrogens is 2. The highest BCUT2D eigenvalue weighted by Gasteiger charge is 2.33. The fraction of sp³-hybridized carbons (Fsp3) is 0.609. The summed E-state index contributed by atoms with van der Waals surface area (Å²) in [4.78, 5) is 24.4. The molecule has 0 unspecified atom stereocenters. The average molecular weight is 415 g/mol. The van der Waals surface area contributed by atoms with Crippen LogP contribution in [0, 0.1) is 6.92 Å². The van der Waals surface area contributed by atoms with E-state index in [1.807, 2.05) is 50.8 Å². The molecule has 2 heterocycles. The molecule has 2 aromatic rings. The van der Waals surface area contributed by atoms with Crippen molar-refractivity contribution >= 4 is 22.8 Å². The van der Waals surface area contributed by atoms with Gasteiger partial charge >= 0.3 is 0 Å². The highest BCUT2D eigenvalue weighted by molar-refractivity contribution is 5.87. The van der Waals surface area contributed by atoms with E-state index in [-0.39, 0.29) is 18.0 Å². The molecule has 7 heteroatoms. The van der Waals surface area contributed by atoms with Gasteiger partial charge < -0.3 is 20.1 Å². The minimum absolute atomic E-state index is 0.0272. The molecule has 3 rings (SSSR count). The monoisotopic (exact) mass is 414 g/mol. The first-order valence-corrected chi connectivity index (χ1v) is 10.8. The molecule has 2 atom stereocenters. The Morgan fingerprint density at radius 1 is 1.40 bits per heavy atom. The molecule has 164 valence electrons. The molecular formula is C23H34N4O3. The van der Waals surface area contributed by atoms with Gasteiger partial charge in [-0.15, -0.1) is 0 Å². The summed E-state index contributed by atoms with van der Waals surface area (Å²) in [6, 6.07) is 5.58. The van der Waals surface area contributed by atoms with E-state index in [1.165, 1.54) is 0 Å². The number of hydrogen-bond acceptors (Lipinski definition) is 6. The first kappa shape index (κ1) is 22.3. The smallest absolute Gasteiger partial charge is 0.243 e. The normalized spacial score (nSPS) is 17.9. The number of aryl methyl sites for hydroxylation is 1. The average Bonchev–Trinajstić information content (AvgIpc) is 3.16. The number of hydrogen-bond donors (Lipinski definition) is 2. The van der Waals surface area contributed by atoms with Crippen LogP contribution in [0.25, 0.3) is 10.9 Å². The summed E-state index contributed by atoms with van der Waals surface area (Å²) in [5.74, 6) is 1.41.